The lowest BCUT2D eigenvalue weighted by atomic mass is 10.0. The molecule has 1 aromatic carbocycles. The largest absolute Gasteiger partial charge is 0.416 e. The summed E-state index contributed by atoms with van der Waals surface area (Å²) in [7, 11) is 0. The first-order chi connectivity index (χ1) is 16.3. The molecule has 0 aliphatic rings. The van der Waals surface area contributed by atoms with Crippen molar-refractivity contribution in [1.82, 2.24) is 25.6 Å². The number of rotatable bonds is 7. The van der Waals surface area contributed by atoms with E-state index in [4.69, 9.17) is 0 Å². The van der Waals surface area contributed by atoms with E-state index >= 15 is 0 Å². The smallest absolute Gasteiger partial charge is 0.273 e. The van der Waals surface area contributed by atoms with E-state index in [0.29, 0.717) is 12.1 Å². The van der Waals surface area contributed by atoms with Gasteiger partial charge in [-0.3, -0.25) is 30.4 Å². The maximum absolute atomic E-state index is 13.0. The fourth-order valence-corrected chi connectivity index (χ4v) is 2.48. The molecule has 0 radical (unpaired) electrons. The Morgan fingerprint density at radius 1 is 1.09 bits per heavy atom. The average Bonchev–Trinajstić information content (AvgIpc) is 3.24. The molecule has 0 aliphatic heterocycles. The van der Waals surface area contributed by atoms with E-state index in [1.54, 1.807) is 6.92 Å². The predicted octanol–water partition coefficient (Wildman–Crippen LogP) is 3.62. The Balaban J connectivity index is 2.10. The second-order valence-electron chi connectivity index (χ2n) is 6.56. The molecular weight excluding hydrogens is 484 g/mol. The number of alkyl halides is 6. The highest BCUT2D eigenvalue weighted by Gasteiger charge is 2.37. The minimum atomic E-state index is -5.03. The number of hydrogen-bond acceptors (Lipinski definition) is 6. The zero-order valence-electron chi connectivity index (χ0n) is 17.9. The first-order valence-corrected chi connectivity index (χ1v) is 9.45. The zero-order valence-corrected chi connectivity index (χ0v) is 17.9. The minimum Gasteiger partial charge on any atom is -0.273 e. The third-order valence-corrected chi connectivity index (χ3v) is 3.94. The lowest BCUT2D eigenvalue weighted by Gasteiger charge is -2.13. The SMILES string of the molecule is C=N/C=C(/CC(=O)NNC(=O)/C=C\n1cnc(-c2cc(C(F)(F)F)cc(C(F)(F)F)c2)n1)N=CC. The number of nitrogens with one attached hydrogen (secondary N) is 2. The lowest BCUT2D eigenvalue weighted by molar-refractivity contribution is -0.143. The van der Waals surface area contributed by atoms with Crippen LogP contribution in [0.25, 0.3) is 17.6 Å². The van der Waals surface area contributed by atoms with Crippen molar-refractivity contribution in [2.75, 3.05) is 0 Å². The van der Waals surface area contributed by atoms with E-state index in [2.05, 4.69) is 37.6 Å². The Bertz CT molecular complexity index is 1150. The molecule has 186 valence electrons. The maximum Gasteiger partial charge on any atom is 0.416 e. The van der Waals surface area contributed by atoms with Gasteiger partial charge in [-0.2, -0.15) is 26.3 Å². The van der Waals surface area contributed by atoms with Crippen molar-refractivity contribution in [2.24, 2.45) is 9.98 Å². The molecule has 1 aromatic heterocycles. The molecule has 0 atom stereocenters. The van der Waals surface area contributed by atoms with Crippen LogP contribution in [0.1, 0.15) is 24.5 Å². The number of halogens is 6. The lowest BCUT2D eigenvalue weighted by Crippen LogP contribution is -2.40. The molecule has 0 aliphatic carbocycles. The molecule has 9 nitrogen and oxygen atoms in total. The van der Waals surface area contributed by atoms with E-state index in [1.807, 2.05) is 0 Å². The number of nitrogens with zero attached hydrogens (tertiary/aromatic N) is 5. The fourth-order valence-electron chi connectivity index (χ4n) is 2.48. The number of hydrogen-bond donors (Lipinski definition) is 2. The number of benzene rings is 1. The quantitative estimate of drug-likeness (QED) is 0.261. The third kappa shape index (κ3) is 8.21. The molecule has 2 amide bonds. The Hall–Kier alpha value is -4.30. The second kappa shape index (κ2) is 11.2. The van der Waals surface area contributed by atoms with Crippen molar-refractivity contribution in [3.63, 3.8) is 0 Å². The van der Waals surface area contributed by atoms with Gasteiger partial charge in [-0.05, 0) is 31.8 Å². The Kier molecular flexibility index (Phi) is 8.64. The Morgan fingerprint density at radius 3 is 2.26 bits per heavy atom. The van der Waals surface area contributed by atoms with Crippen LogP contribution in [0.3, 0.4) is 0 Å². The van der Waals surface area contributed by atoms with Crippen LogP contribution in [0.15, 0.2) is 52.5 Å². The molecule has 0 spiro atoms. The van der Waals surface area contributed by atoms with Crippen LogP contribution < -0.4 is 10.9 Å². The van der Waals surface area contributed by atoms with E-state index in [0.717, 1.165) is 23.3 Å². The first-order valence-electron chi connectivity index (χ1n) is 9.45. The Morgan fingerprint density at radius 2 is 1.71 bits per heavy atom. The van der Waals surface area contributed by atoms with Crippen LogP contribution in [0.5, 0.6) is 0 Å². The number of aromatic nitrogens is 3. The van der Waals surface area contributed by atoms with E-state index < -0.39 is 46.7 Å². The van der Waals surface area contributed by atoms with Crippen molar-refractivity contribution in [3.05, 3.63) is 53.6 Å². The van der Waals surface area contributed by atoms with Crippen LogP contribution in [0.2, 0.25) is 0 Å². The van der Waals surface area contributed by atoms with Gasteiger partial charge in [0.15, 0.2) is 5.82 Å². The summed E-state index contributed by atoms with van der Waals surface area (Å²) < 4.78 is 79.0. The van der Waals surface area contributed by atoms with Crippen LogP contribution in [-0.4, -0.2) is 39.5 Å². The number of carbonyl (C=O) groups excluding carboxylic acids is 2. The highest BCUT2D eigenvalue weighted by Crippen LogP contribution is 2.38. The van der Waals surface area contributed by atoms with Crippen molar-refractivity contribution in [3.8, 4) is 11.4 Å². The zero-order chi connectivity index (χ0) is 26.2. The van der Waals surface area contributed by atoms with Gasteiger partial charge in [0.25, 0.3) is 5.91 Å². The molecule has 35 heavy (non-hydrogen) atoms. The molecule has 0 saturated heterocycles. The molecule has 1 heterocycles. The van der Waals surface area contributed by atoms with E-state index in [9.17, 15) is 35.9 Å². The molecular formula is C20H17F6N7O2. The highest BCUT2D eigenvalue weighted by molar-refractivity contribution is 5.92. The van der Waals surface area contributed by atoms with Gasteiger partial charge in [0, 0.05) is 30.3 Å². The summed E-state index contributed by atoms with van der Waals surface area (Å²) in [4.78, 5) is 34.7. The molecule has 0 saturated carbocycles. The molecule has 2 rings (SSSR count). The molecule has 0 unspecified atom stereocenters. The summed E-state index contributed by atoms with van der Waals surface area (Å²) in [5, 5.41) is 3.75. The van der Waals surface area contributed by atoms with Gasteiger partial charge in [-0.1, -0.05) is 0 Å². The molecule has 2 aromatic rings. The normalized spacial score (nSPS) is 12.8. The molecule has 0 fully saturated rings. The summed E-state index contributed by atoms with van der Waals surface area (Å²) in [6.45, 7) is 4.87. The van der Waals surface area contributed by atoms with Crippen LogP contribution >= 0.6 is 0 Å². The Labute approximate surface area is 193 Å². The first kappa shape index (κ1) is 26.9. The monoisotopic (exact) mass is 501 g/mol. The van der Waals surface area contributed by atoms with Gasteiger partial charge in [-0.15, -0.1) is 5.10 Å². The van der Waals surface area contributed by atoms with Crippen molar-refractivity contribution in [2.45, 2.75) is 25.7 Å². The van der Waals surface area contributed by atoms with Gasteiger partial charge < -0.3 is 0 Å². The number of carbonyl (C=O) groups is 2. The van der Waals surface area contributed by atoms with Crippen LogP contribution in [-0.2, 0) is 21.9 Å². The second-order valence-corrected chi connectivity index (χ2v) is 6.56. The number of amides is 2. The van der Waals surface area contributed by atoms with E-state index in [1.165, 1.54) is 12.4 Å². The van der Waals surface area contributed by atoms with Crippen LogP contribution in [0.4, 0.5) is 26.3 Å². The van der Waals surface area contributed by atoms with Gasteiger partial charge >= 0.3 is 12.4 Å². The fraction of sp³-hybridized carbons (Fsp3) is 0.200. The summed E-state index contributed by atoms with van der Waals surface area (Å²) in [5.74, 6) is -1.88. The summed E-state index contributed by atoms with van der Waals surface area (Å²) in [5.41, 5.74) is 0.900. The number of aliphatic imine (C=N–C) groups is 2. The van der Waals surface area contributed by atoms with Gasteiger partial charge in [0.1, 0.15) is 6.33 Å². The van der Waals surface area contributed by atoms with Gasteiger partial charge in [-0.25, -0.2) is 9.67 Å². The van der Waals surface area contributed by atoms with Gasteiger partial charge in [0.05, 0.1) is 23.2 Å². The van der Waals surface area contributed by atoms with Crippen molar-refractivity contribution in [1.29, 1.82) is 0 Å². The average molecular weight is 501 g/mol. The standard InChI is InChI=1S/C20H17F6N7O2/c1-3-28-15(10-27-2)9-17(35)31-30-16(34)4-5-33-11-29-18(32-33)12-6-13(19(21,22)23)8-14(7-12)20(24,25)26/h3-8,10-11H,2,9H2,1H3,(H,30,34)(H,31,35)/b5-4-,15-10-,28-3?. The number of hydrazine groups is 1. The molecule has 0 bridgehead atoms. The van der Waals surface area contributed by atoms with Crippen molar-refractivity contribution >= 4 is 30.9 Å². The van der Waals surface area contributed by atoms with Crippen LogP contribution in [0, 0.1) is 0 Å². The maximum atomic E-state index is 13.0. The highest BCUT2D eigenvalue weighted by atomic mass is 19.4. The summed E-state index contributed by atoms with van der Waals surface area (Å²) in [6, 6.07) is 0.947. The predicted molar refractivity (Wildman–Crippen MR) is 113 cm³/mol. The summed E-state index contributed by atoms with van der Waals surface area (Å²) in [6.07, 6.45) is -4.70. The molecule has 2 N–H and O–H groups in total. The third-order valence-electron chi connectivity index (χ3n) is 3.94. The van der Waals surface area contributed by atoms with Gasteiger partial charge in [0.2, 0.25) is 5.91 Å². The van der Waals surface area contributed by atoms with E-state index in [-0.39, 0.29) is 18.2 Å². The van der Waals surface area contributed by atoms with Crippen molar-refractivity contribution < 1.29 is 35.9 Å². The molecule has 15 heteroatoms. The topological polar surface area (TPSA) is 114 Å². The minimum absolute atomic E-state index is 0.0136. The summed E-state index contributed by atoms with van der Waals surface area (Å²) >= 11 is 0.